The molecule has 2 aromatic rings. The molecule has 2 aliphatic rings. The summed E-state index contributed by atoms with van der Waals surface area (Å²) in [6, 6.07) is 7.42. The number of ether oxygens (including phenoxy) is 2. The maximum atomic E-state index is 14.2. The van der Waals surface area contributed by atoms with Crippen molar-refractivity contribution in [2.75, 3.05) is 19.8 Å². The van der Waals surface area contributed by atoms with Crippen LogP contribution in [-0.4, -0.2) is 72.6 Å². The molecule has 246 valence electrons. The van der Waals surface area contributed by atoms with Gasteiger partial charge in [-0.05, 0) is 37.7 Å². The summed E-state index contributed by atoms with van der Waals surface area (Å²) in [6.45, 7) is 5.93. The highest BCUT2D eigenvalue weighted by atomic mass is 16.5. The zero-order valence-electron chi connectivity index (χ0n) is 26.2. The normalized spacial score (nSPS) is 24.8. The van der Waals surface area contributed by atoms with E-state index in [0.717, 1.165) is 0 Å². The third-order valence-electron chi connectivity index (χ3n) is 7.67. The molecule has 0 radical (unpaired) electrons. The van der Waals surface area contributed by atoms with Gasteiger partial charge in [-0.1, -0.05) is 67.6 Å². The number of aryl methyl sites for hydroxylation is 1. The highest BCUT2D eigenvalue weighted by Gasteiger charge is 2.37. The highest BCUT2D eigenvalue weighted by molar-refractivity contribution is 5.97. The minimum absolute atomic E-state index is 0.0188. The molecule has 1 fully saturated rings. The fourth-order valence-corrected chi connectivity index (χ4v) is 5.23. The van der Waals surface area contributed by atoms with Crippen molar-refractivity contribution < 1.29 is 38.0 Å². The Morgan fingerprint density at radius 2 is 1.87 bits per heavy atom. The van der Waals surface area contributed by atoms with Crippen molar-refractivity contribution in [1.29, 1.82) is 0 Å². The van der Waals surface area contributed by atoms with Gasteiger partial charge in [-0.2, -0.15) is 0 Å². The molecule has 2 aliphatic heterocycles. The number of aromatic nitrogens is 1. The Morgan fingerprint density at radius 3 is 2.54 bits per heavy atom. The van der Waals surface area contributed by atoms with Gasteiger partial charge in [0.15, 0.2) is 5.69 Å². The predicted molar refractivity (Wildman–Crippen MR) is 166 cm³/mol. The van der Waals surface area contributed by atoms with Gasteiger partial charge in [0.1, 0.15) is 30.6 Å². The largest absolute Gasteiger partial charge is 0.458 e. The van der Waals surface area contributed by atoms with E-state index in [2.05, 4.69) is 26.4 Å². The van der Waals surface area contributed by atoms with Crippen LogP contribution >= 0.6 is 0 Å². The second-order valence-electron chi connectivity index (χ2n) is 11.6. The number of carbonyl (C=O) groups excluding carboxylic acids is 5. The molecule has 3 unspecified atom stereocenters. The van der Waals surface area contributed by atoms with Gasteiger partial charge >= 0.3 is 5.97 Å². The maximum Gasteiger partial charge on any atom is 0.330 e. The number of nitrogens with one attached hydrogen (secondary N) is 4. The predicted octanol–water partition coefficient (Wildman–Crippen LogP) is 2.05. The Labute approximate surface area is 267 Å². The summed E-state index contributed by atoms with van der Waals surface area (Å²) in [4.78, 5) is 65.7. The van der Waals surface area contributed by atoms with Gasteiger partial charge in [0.25, 0.3) is 5.91 Å². The van der Waals surface area contributed by atoms with Crippen LogP contribution < -0.4 is 21.3 Å². The van der Waals surface area contributed by atoms with Crippen LogP contribution in [0.3, 0.4) is 0 Å². The smallest absolute Gasteiger partial charge is 0.330 e. The molecule has 1 saturated heterocycles. The second kappa shape index (κ2) is 16.5. The van der Waals surface area contributed by atoms with Crippen molar-refractivity contribution in [2.45, 2.75) is 64.3 Å². The number of carbonyl (C=O) groups is 5. The van der Waals surface area contributed by atoms with E-state index in [1.54, 1.807) is 57.2 Å². The highest BCUT2D eigenvalue weighted by Crippen LogP contribution is 2.24. The Hall–Kier alpha value is -4.78. The summed E-state index contributed by atoms with van der Waals surface area (Å²) in [7, 11) is 0. The number of hydrogen-bond donors (Lipinski definition) is 4. The van der Waals surface area contributed by atoms with Crippen LogP contribution in [0.2, 0.25) is 0 Å². The lowest BCUT2D eigenvalue weighted by molar-refractivity contribution is -0.136. The van der Waals surface area contributed by atoms with E-state index in [1.165, 1.54) is 18.2 Å². The molecule has 0 bridgehead atoms. The van der Waals surface area contributed by atoms with E-state index in [1.807, 2.05) is 6.07 Å². The fraction of sp³-hybridized carbons (Fsp3) is 0.455. The molecule has 4 rings (SSSR count). The first-order valence-electron chi connectivity index (χ1n) is 15.4. The van der Waals surface area contributed by atoms with Gasteiger partial charge in [-0.25, -0.2) is 4.79 Å². The Kier molecular flexibility index (Phi) is 12.2. The SMILES string of the molecule is Cc1cc(C(=O)N[C@H](C(=O)NC2C(=O)N[C@@H](CC3CCNC3=O)/C=C/C(=O)OC/C=C/CCOC2c2ccccc2)C(C)C)no1. The summed E-state index contributed by atoms with van der Waals surface area (Å²) in [5, 5.41) is 15.0. The van der Waals surface area contributed by atoms with E-state index in [0.29, 0.717) is 30.7 Å². The second-order valence-corrected chi connectivity index (χ2v) is 11.6. The average Bonchev–Trinajstić information content (AvgIpc) is 3.66. The molecule has 3 heterocycles. The van der Waals surface area contributed by atoms with Gasteiger partial charge in [0, 0.05) is 30.6 Å². The minimum atomic E-state index is -1.27. The third kappa shape index (κ3) is 9.61. The molecule has 0 spiro atoms. The van der Waals surface area contributed by atoms with Crippen LogP contribution in [0.15, 0.2) is 65.2 Å². The number of rotatable bonds is 8. The Morgan fingerprint density at radius 1 is 1.09 bits per heavy atom. The zero-order chi connectivity index (χ0) is 33.1. The van der Waals surface area contributed by atoms with Crippen molar-refractivity contribution in [3.63, 3.8) is 0 Å². The molecule has 13 heteroatoms. The van der Waals surface area contributed by atoms with E-state index in [9.17, 15) is 24.0 Å². The summed E-state index contributed by atoms with van der Waals surface area (Å²) >= 11 is 0. The van der Waals surface area contributed by atoms with E-state index in [-0.39, 0.29) is 43.1 Å². The molecule has 4 amide bonds. The van der Waals surface area contributed by atoms with Gasteiger partial charge < -0.3 is 35.3 Å². The first-order chi connectivity index (χ1) is 22.1. The van der Waals surface area contributed by atoms with Crippen molar-refractivity contribution >= 4 is 29.6 Å². The van der Waals surface area contributed by atoms with E-state index in [4.69, 9.17) is 14.0 Å². The zero-order valence-corrected chi connectivity index (χ0v) is 26.2. The van der Waals surface area contributed by atoms with E-state index < -0.39 is 47.9 Å². The molecule has 5 atom stereocenters. The molecule has 4 N–H and O–H groups in total. The molecule has 0 saturated carbocycles. The average molecular weight is 636 g/mol. The first kappa shape index (κ1) is 34.1. The monoisotopic (exact) mass is 635 g/mol. The topological polar surface area (TPSA) is 178 Å². The Balaban J connectivity index is 1.67. The van der Waals surface area contributed by atoms with Crippen LogP contribution in [-0.2, 0) is 28.7 Å². The van der Waals surface area contributed by atoms with Gasteiger partial charge in [0.05, 0.1) is 6.61 Å². The number of hydrogen-bond acceptors (Lipinski definition) is 9. The minimum Gasteiger partial charge on any atom is -0.458 e. The summed E-state index contributed by atoms with van der Waals surface area (Å²) in [5.41, 5.74) is 0.658. The van der Waals surface area contributed by atoms with Gasteiger partial charge in [-0.15, -0.1) is 0 Å². The molecular formula is C33H41N5O8. The van der Waals surface area contributed by atoms with Crippen molar-refractivity contribution in [3.05, 3.63) is 77.7 Å². The summed E-state index contributed by atoms with van der Waals surface area (Å²) < 4.78 is 16.5. The van der Waals surface area contributed by atoms with E-state index >= 15 is 0 Å². The van der Waals surface area contributed by atoms with Crippen LogP contribution in [0.4, 0.5) is 0 Å². The number of esters is 1. The van der Waals surface area contributed by atoms with Crippen LogP contribution in [0.5, 0.6) is 0 Å². The van der Waals surface area contributed by atoms with Gasteiger partial charge in [-0.3, -0.25) is 19.2 Å². The number of cyclic esters (lactones) is 1. The molecule has 13 nitrogen and oxygen atoms in total. The number of benzene rings is 1. The maximum absolute atomic E-state index is 14.2. The first-order valence-corrected chi connectivity index (χ1v) is 15.4. The van der Waals surface area contributed by atoms with Crippen LogP contribution in [0, 0.1) is 18.8 Å². The molecular weight excluding hydrogens is 594 g/mol. The number of amides is 4. The fourth-order valence-electron chi connectivity index (χ4n) is 5.23. The quantitative estimate of drug-likeness (QED) is 0.250. The third-order valence-corrected chi connectivity index (χ3v) is 7.67. The van der Waals surface area contributed by atoms with Gasteiger partial charge in [0.2, 0.25) is 17.7 Å². The standard InChI is InChI=1S/C33H41N5O8/c1-20(2)27(36-31(41)25-18-21(3)46-38-25)32(42)37-28-29(22-10-6-4-7-11-22)45-17-9-5-8-16-44-26(39)13-12-24(35-33(28)43)19-23-14-15-34-30(23)40/h4-8,10-13,18,20,23-24,27-29H,9,14-17,19H2,1-3H3,(H,34,40)(H,35,43)(H,36,41)(H,37,42)/b8-5+,13-12+/t23?,24-,27+,28?,29?/m1/s1. The van der Waals surface area contributed by atoms with Crippen LogP contribution in [0.1, 0.15) is 61.0 Å². The molecule has 1 aromatic carbocycles. The number of nitrogens with zero attached hydrogens (tertiary/aromatic N) is 1. The Bertz CT molecular complexity index is 1440. The van der Waals surface area contributed by atoms with Crippen molar-refractivity contribution in [2.24, 2.45) is 11.8 Å². The lowest BCUT2D eigenvalue weighted by atomic mass is 9.96. The lowest BCUT2D eigenvalue weighted by Crippen LogP contribution is -2.58. The summed E-state index contributed by atoms with van der Waals surface area (Å²) in [5.74, 6) is -2.88. The van der Waals surface area contributed by atoms with Crippen molar-refractivity contribution in [3.8, 4) is 0 Å². The lowest BCUT2D eigenvalue weighted by Gasteiger charge is -2.31. The van der Waals surface area contributed by atoms with Crippen LogP contribution in [0.25, 0.3) is 0 Å². The van der Waals surface area contributed by atoms with Crippen molar-refractivity contribution in [1.82, 2.24) is 26.4 Å². The molecule has 0 aliphatic carbocycles. The summed E-state index contributed by atoms with van der Waals surface area (Å²) in [6.07, 6.45) is 6.52. The molecule has 46 heavy (non-hydrogen) atoms. The molecule has 1 aromatic heterocycles.